The van der Waals surface area contributed by atoms with E-state index in [1.165, 1.54) is 22.5 Å². The topological polar surface area (TPSA) is 158 Å². The van der Waals surface area contributed by atoms with E-state index in [4.69, 9.17) is 19.5 Å². The zero-order chi connectivity index (χ0) is 32.5. The van der Waals surface area contributed by atoms with E-state index < -0.39 is 33.7 Å². The second kappa shape index (κ2) is 15.1. The summed E-state index contributed by atoms with van der Waals surface area (Å²) in [6.07, 6.45) is -1.15. The molecule has 45 heavy (non-hydrogen) atoms. The first-order valence-electron chi connectivity index (χ1n) is 14.7. The molecule has 0 saturated heterocycles. The van der Waals surface area contributed by atoms with Gasteiger partial charge in [-0.2, -0.15) is 9.57 Å². The summed E-state index contributed by atoms with van der Waals surface area (Å²) in [7, 11) is -4.17. The highest BCUT2D eigenvalue weighted by atomic mass is 32.2. The van der Waals surface area contributed by atoms with E-state index in [9.17, 15) is 23.4 Å². The van der Waals surface area contributed by atoms with Crippen LogP contribution in [-0.2, 0) is 23.1 Å². The second-order valence-corrected chi connectivity index (χ2v) is 13.7. The summed E-state index contributed by atoms with van der Waals surface area (Å²) >= 11 is 0. The summed E-state index contributed by atoms with van der Waals surface area (Å²) < 4.78 is 45.7. The normalized spacial score (nSPS) is 14.0. The molecule has 1 amide bonds. The van der Waals surface area contributed by atoms with Gasteiger partial charge < -0.3 is 29.7 Å². The second-order valence-electron chi connectivity index (χ2n) is 11.7. The lowest BCUT2D eigenvalue weighted by Gasteiger charge is -2.35. The monoisotopic (exact) mass is 637 g/mol. The Bertz CT molecular complexity index is 1570. The average Bonchev–Trinajstić information content (AvgIpc) is 3.48. The fourth-order valence-corrected chi connectivity index (χ4v) is 6.79. The van der Waals surface area contributed by atoms with E-state index in [1.54, 1.807) is 24.3 Å². The van der Waals surface area contributed by atoms with Crippen molar-refractivity contribution in [3.05, 3.63) is 83.9 Å². The first-order valence-corrected chi connectivity index (χ1v) is 16.1. The fourth-order valence-electron chi connectivity index (χ4n) is 5.13. The molecular formula is C33H39N3O8S. The van der Waals surface area contributed by atoms with E-state index in [0.717, 1.165) is 11.1 Å². The summed E-state index contributed by atoms with van der Waals surface area (Å²) in [4.78, 5) is 11.7. The lowest BCUT2D eigenvalue weighted by molar-refractivity contribution is 0.0904. The van der Waals surface area contributed by atoms with Crippen LogP contribution in [-0.4, -0.2) is 61.1 Å². The summed E-state index contributed by atoms with van der Waals surface area (Å²) in [5, 5.41) is 32.3. The Morgan fingerprint density at radius 2 is 1.78 bits per heavy atom. The zero-order valence-electron chi connectivity index (χ0n) is 25.4. The molecule has 1 heterocycles. The number of unbranched alkanes of at least 4 members (excludes halogenated alkanes) is 1. The molecular weight excluding hydrogens is 598 g/mol. The molecule has 3 aromatic carbocycles. The molecule has 0 spiro atoms. The van der Waals surface area contributed by atoms with Gasteiger partial charge in [-0.05, 0) is 60.1 Å². The van der Waals surface area contributed by atoms with Crippen molar-refractivity contribution in [1.82, 2.24) is 9.62 Å². The van der Waals surface area contributed by atoms with Gasteiger partial charge in [0.25, 0.3) is 0 Å². The highest BCUT2D eigenvalue weighted by molar-refractivity contribution is 7.89. The Labute approximate surface area is 264 Å². The van der Waals surface area contributed by atoms with Crippen molar-refractivity contribution in [2.45, 2.75) is 63.2 Å². The molecule has 0 aromatic heterocycles. The Balaban J connectivity index is 1.52. The maximum absolute atomic E-state index is 14.0. The van der Waals surface area contributed by atoms with Crippen LogP contribution in [0.15, 0.2) is 77.7 Å². The smallest absolute Gasteiger partial charge is 0.404 e. The Morgan fingerprint density at radius 3 is 2.47 bits per heavy atom. The quantitative estimate of drug-likeness (QED) is 0.185. The number of hydrogen-bond acceptors (Lipinski definition) is 8. The molecule has 3 aromatic rings. The molecule has 3 N–H and O–H groups in total. The fraction of sp³-hybridized carbons (Fsp3) is 0.394. The van der Waals surface area contributed by atoms with Crippen LogP contribution >= 0.6 is 0 Å². The predicted molar refractivity (Wildman–Crippen MR) is 166 cm³/mol. The number of aliphatic hydroxyl groups is 1. The number of carboxylic acid groups (broad SMARTS) is 1. The van der Waals surface area contributed by atoms with Crippen molar-refractivity contribution < 1.29 is 37.6 Å². The molecule has 0 aliphatic carbocycles. The lowest BCUT2D eigenvalue weighted by atomic mass is 9.87. The third kappa shape index (κ3) is 9.59. The van der Waals surface area contributed by atoms with Crippen LogP contribution in [0.1, 0.15) is 44.2 Å². The first kappa shape index (κ1) is 33.6. The summed E-state index contributed by atoms with van der Waals surface area (Å²) in [5.74, 6) is 1.36. The third-order valence-electron chi connectivity index (χ3n) is 7.52. The average molecular weight is 638 g/mol. The van der Waals surface area contributed by atoms with E-state index in [1.807, 2.05) is 44.2 Å². The van der Waals surface area contributed by atoms with Gasteiger partial charge in [0.1, 0.15) is 12.4 Å². The van der Waals surface area contributed by atoms with Crippen LogP contribution in [0.2, 0.25) is 0 Å². The Morgan fingerprint density at radius 1 is 1.07 bits per heavy atom. The van der Waals surface area contributed by atoms with Gasteiger partial charge in [-0.15, -0.1) is 0 Å². The van der Waals surface area contributed by atoms with Crippen molar-refractivity contribution in [3.8, 4) is 23.3 Å². The van der Waals surface area contributed by atoms with Gasteiger partial charge in [0.05, 0.1) is 23.1 Å². The standard InChI is InChI=1S/C33H39N3O8S/c1-33(2,16-6-7-17-34)22-36(45(40,41)27-14-15-30-31(19-27)44-23-43-30)20-29(37)28(35-32(38)39)18-24-10-12-26(13-11-24)42-21-25-8-4-3-5-9-25/h3-5,8-15,19,28-29,35,37H,6-7,16,18,20-23H2,1-2H3,(H,38,39)/t28-,29+/m0/s1. The van der Waals surface area contributed by atoms with Crippen LogP contribution in [0.25, 0.3) is 0 Å². The summed E-state index contributed by atoms with van der Waals surface area (Å²) in [6.45, 7) is 3.82. The van der Waals surface area contributed by atoms with Crippen molar-refractivity contribution >= 4 is 16.1 Å². The summed E-state index contributed by atoms with van der Waals surface area (Å²) in [5.41, 5.74) is 1.19. The van der Waals surface area contributed by atoms with E-state index in [-0.39, 0.29) is 31.2 Å². The molecule has 0 radical (unpaired) electrons. The molecule has 0 saturated carbocycles. The number of amides is 1. The van der Waals surface area contributed by atoms with Crippen LogP contribution in [0.3, 0.4) is 0 Å². The molecule has 1 aliphatic heterocycles. The van der Waals surface area contributed by atoms with E-state index in [0.29, 0.717) is 43.1 Å². The van der Waals surface area contributed by atoms with Gasteiger partial charge in [0, 0.05) is 25.6 Å². The van der Waals surface area contributed by atoms with Crippen molar-refractivity contribution in [1.29, 1.82) is 5.26 Å². The minimum Gasteiger partial charge on any atom is -0.489 e. The highest BCUT2D eigenvalue weighted by Crippen LogP contribution is 2.36. The van der Waals surface area contributed by atoms with Gasteiger partial charge in [-0.25, -0.2) is 13.2 Å². The van der Waals surface area contributed by atoms with Crippen LogP contribution < -0.4 is 19.5 Å². The van der Waals surface area contributed by atoms with Gasteiger partial charge in [-0.3, -0.25) is 0 Å². The Hall–Kier alpha value is -4.31. The number of fused-ring (bicyclic) bond motifs is 1. The zero-order valence-corrected chi connectivity index (χ0v) is 26.2. The number of benzene rings is 3. The molecule has 0 fully saturated rings. The minimum atomic E-state index is -4.17. The van der Waals surface area contributed by atoms with E-state index in [2.05, 4.69) is 11.4 Å². The highest BCUT2D eigenvalue weighted by Gasteiger charge is 2.35. The number of sulfonamides is 1. The predicted octanol–water partition coefficient (Wildman–Crippen LogP) is 4.94. The minimum absolute atomic E-state index is 0.0180. The first-order chi connectivity index (χ1) is 21.5. The molecule has 0 unspecified atom stereocenters. The van der Waals surface area contributed by atoms with E-state index >= 15 is 0 Å². The number of nitrogens with zero attached hydrogens (tertiary/aromatic N) is 2. The van der Waals surface area contributed by atoms with Crippen molar-refractivity contribution in [3.63, 3.8) is 0 Å². The maximum atomic E-state index is 14.0. The Kier molecular flexibility index (Phi) is 11.3. The third-order valence-corrected chi connectivity index (χ3v) is 9.33. The SMILES string of the molecule is CC(C)(CCCC#N)CN(C[C@@H](O)[C@H](Cc1ccc(OCc2ccccc2)cc1)NC(=O)O)S(=O)(=O)c1ccc2c(c1)OCO2. The summed E-state index contributed by atoms with van der Waals surface area (Å²) in [6, 6.07) is 22.2. The molecule has 2 atom stereocenters. The van der Waals surface area contributed by atoms with Crippen LogP contribution in [0.4, 0.5) is 4.79 Å². The molecule has 240 valence electrons. The van der Waals surface area contributed by atoms with Gasteiger partial charge in [0.2, 0.25) is 16.8 Å². The van der Waals surface area contributed by atoms with Gasteiger partial charge >= 0.3 is 6.09 Å². The number of carbonyl (C=O) groups is 1. The molecule has 1 aliphatic rings. The van der Waals surface area contributed by atoms with Gasteiger partial charge in [-0.1, -0.05) is 56.3 Å². The molecule has 0 bridgehead atoms. The number of ether oxygens (including phenoxy) is 3. The van der Waals surface area contributed by atoms with Gasteiger partial charge in [0.15, 0.2) is 11.5 Å². The molecule has 4 rings (SSSR count). The number of rotatable bonds is 16. The number of aliphatic hydroxyl groups excluding tert-OH is 1. The number of nitriles is 1. The molecule has 11 nitrogen and oxygen atoms in total. The van der Waals surface area contributed by atoms with Crippen LogP contribution in [0, 0.1) is 16.7 Å². The lowest BCUT2D eigenvalue weighted by Crippen LogP contribution is -2.51. The van der Waals surface area contributed by atoms with Crippen molar-refractivity contribution in [2.75, 3.05) is 19.9 Å². The number of nitrogens with one attached hydrogen (secondary N) is 1. The number of hydrogen-bond donors (Lipinski definition) is 3. The van der Waals surface area contributed by atoms with Crippen LogP contribution in [0.5, 0.6) is 17.2 Å². The molecule has 12 heteroatoms. The van der Waals surface area contributed by atoms with Crippen molar-refractivity contribution in [2.24, 2.45) is 5.41 Å². The largest absolute Gasteiger partial charge is 0.489 e. The maximum Gasteiger partial charge on any atom is 0.404 e.